The third kappa shape index (κ3) is 7.95. The zero-order valence-electron chi connectivity index (χ0n) is 20.5. The van der Waals surface area contributed by atoms with Gasteiger partial charge in [-0.3, -0.25) is 0 Å². The van der Waals surface area contributed by atoms with Gasteiger partial charge in [-0.2, -0.15) is 4.31 Å². The largest absolute Gasteiger partial charge is 0.376 e. The van der Waals surface area contributed by atoms with E-state index in [0.29, 0.717) is 31.0 Å². The molecule has 0 bridgehead atoms. The lowest BCUT2D eigenvalue weighted by Gasteiger charge is -2.43. The summed E-state index contributed by atoms with van der Waals surface area (Å²) in [6, 6.07) is 8.40. The van der Waals surface area contributed by atoms with Gasteiger partial charge in [0.1, 0.15) is 0 Å². The average Bonchev–Trinajstić information content (AvgIpc) is 2.64. The van der Waals surface area contributed by atoms with E-state index >= 15 is 0 Å². The van der Waals surface area contributed by atoms with Gasteiger partial charge >= 0.3 is 0 Å². The molecule has 0 spiro atoms. The first-order chi connectivity index (χ1) is 13.7. The molecule has 0 radical (unpaired) electrons. The van der Waals surface area contributed by atoms with E-state index in [1.807, 2.05) is 61.5 Å². The van der Waals surface area contributed by atoms with Gasteiger partial charge in [0.2, 0.25) is 10.0 Å². The van der Waals surface area contributed by atoms with Crippen LogP contribution in [0.5, 0.6) is 0 Å². The molecule has 174 valence electrons. The van der Waals surface area contributed by atoms with Crippen molar-refractivity contribution in [1.29, 1.82) is 0 Å². The van der Waals surface area contributed by atoms with Crippen molar-refractivity contribution < 1.29 is 17.9 Å². The third-order valence-corrected chi connectivity index (χ3v) is 7.64. The molecule has 0 aliphatic rings. The molecule has 0 heterocycles. The molecule has 1 unspecified atom stereocenters. The lowest BCUT2D eigenvalue weighted by molar-refractivity contribution is -0.0547. The van der Waals surface area contributed by atoms with Crippen LogP contribution in [0.2, 0.25) is 0 Å². The van der Waals surface area contributed by atoms with E-state index in [0.717, 1.165) is 6.42 Å². The Kier molecular flexibility index (Phi) is 9.55. The Labute approximate surface area is 185 Å². The van der Waals surface area contributed by atoms with Crippen LogP contribution in [0.1, 0.15) is 81.6 Å². The van der Waals surface area contributed by atoms with Gasteiger partial charge in [-0.25, -0.2) is 8.42 Å². The summed E-state index contributed by atoms with van der Waals surface area (Å²) in [5.74, 6) is 0. The van der Waals surface area contributed by atoms with Crippen LogP contribution < -0.4 is 0 Å². The molecule has 0 aliphatic carbocycles. The van der Waals surface area contributed by atoms with Crippen LogP contribution in [0.25, 0.3) is 0 Å². The van der Waals surface area contributed by atoms with Crippen molar-refractivity contribution in [3.8, 4) is 0 Å². The van der Waals surface area contributed by atoms with Crippen molar-refractivity contribution in [2.45, 2.75) is 109 Å². The first kappa shape index (κ1) is 27.1. The van der Waals surface area contributed by atoms with Gasteiger partial charge < -0.3 is 9.47 Å². The summed E-state index contributed by atoms with van der Waals surface area (Å²) in [6.07, 6.45) is 2.11. The minimum atomic E-state index is -3.71. The Bertz CT molecular complexity index is 736. The quantitative estimate of drug-likeness (QED) is 0.421. The Hall–Kier alpha value is -0.950. The minimum Gasteiger partial charge on any atom is -0.376 e. The first-order valence-corrected chi connectivity index (χ1v) is 12.5. The lowest BCUT2D eigenvalue weighted by Crippen LogP contribution is -2.55. The van der Waals surface area contributed by atoms with Crippen molar-refractivity contribution >= 4 is 10.0 Å². The smallest absolute Gasteiger partial charge is 0.243 e. The van der Waals surface area contributed by atoms with E-state index in [2.05, 4.69) is 6.92 Å². The third-order valence-electron chi connectivity index (χ3n) is 5.47. The van der Waals surface area contributed by atoms with Crippen LogP contribution in [0, 0.1) is 0 Å². The molecular weight excluding hydrogens is 398 g/mol. The van der Waals surface area contributed by atoms with E-state index in [1.54, 1.807) is 28.6 Å². The second-order valence-electron chi connectivity index (χ2n) is 10.1. The van der Waals surface area contributed by atoms with Crippen LogP contribution in [0.3, 0.4) is 0 Å². The summed E-state index contributed by atoms with van der Waals surface area (Å²) in [4.78, 5) is 0.308. The topological polar surface area (TPSA) is 55.8 Å². The summed E-state index contributed by atoms with van der Waals surface area (Å²) >= 11 is 0. The lowest BCUT2D eigenvalue weighted by atomic mass is 9.98. The predicted octanol–water partition coefficient (Wildman–Crippen LogP) is 5.64. The first-order valence-electron chi connectivity index (χ1n) is 11.0. The molecule has 6 heteroatoms. The number of rotatable bonds is 12. The highest BCUT2D eigenvalue weighted by atomic mass is 32.2. The molecule has 1 aromatic carbocycles. The molecule has 0 saturated heterocycles. The van der Waals surface area contributed by atoms with Crippen molar-refractivity contribution in [1.82, 2.24) is 4.31 Å². The molecule has 5 nitrogen and oxygen atoms in total. The Balaban J connectivity index is 3.29. The molecule has 0 fully saturated rings. The van der Waals surface area contributed by atoms with Crippen LogP contribution in [0.4, 0.5) is 0 Å². The van der Waals surface area contributed by atoms with Crippen molar-refractivity contribution in [3.05, 3.63) is 30.3 Å². The number of ether oxygens (including phenoxy) is 2. The Morgan fingerprint density at radius 2 is 1.50 bits per heavy atom. The van der Waals surface area contributed by atoms with E-state index in [1.165, 1.54) is 0 Å². The molecule has 0 aromatic heterocycles. The number of benzene rings is 1. The molecule has 1 aromatic rings. The molecule has 0 amide bonds. The molecular formula is C24H43NO4S. The predicted molar refractivity (Wildman–Crippen MR) is 124 cm³/mol. The zero-order chi connectivity index (χ0) is 23.2. The van der Waals surface area contributed by atoms with Gasteiger partial charge in [0, 0.05) is 18.2 Å². The molecule has 0 aliphatic heterocycles. The van der Waals surface area contributed by atoms with Gasteiger partial charge in [0.25, 0.3) is 0 Å². The van der Waals surface area contributed by atoms with Crippen LogP contribution in [0.15, 0.2) is 35.2 Å². The molecule has 1 rings (SSSR count). The van der Waals surface area contributed by atoms with Crippen molar-refractivity contribution in [2.75, 3.05) is 13.2 Å². The highest BCUT2D eigenvalue weighted by molar-refractivity contribution is 7.89. The SMILES string of the molecule is CCC(COC(C)(C)CC)N(C(C)(C)CCOC(C)(C)C)S(=O)(=O)c1ccccc1. The standard InChI is InChI=1S/C24H43NO4S/c1-10-20(19-29-24(8,9)11-2)25(23(6,7)17-18-28-22(3,4)5)30(26,27)21-15-13-12-14-16-21/h12-16,20H,10-11,17-19H2,1-9H3. The summed E-state index contributed by atoms with van der Waals surface area (Å²) in [6.45, 7) is 19.0. The number of sulfonamides is 1. The number of nitrogens with zero attached hydrogens (tertiary/aromatic N) is 1. The highest BCUT2D eigenvalue weighted by Gasteiger charge is 2.42. The molecule has 30 heavy (non-hydrogen) atoms. The van der Waals surface area contributed by atoms with E-state index in [4.69, 9.17) is 9.47 Å². The van der Waals surface area contributed by atoms with E-state index in [-0.39, 0.29) is 17.2 Å². The maximum absolute atomic E-state index is 13.8. The summed E-state index contributed by atoms with van der Waals surface area (Å²) in [5.41, 5.74) is -1.20. The normalized spacial score (nSPS) is 14.9. The van der Waals surface area contributed by atoms with Crippen LogP contribution in [-0.2, 0) is 19.5 Å². The van der Waals surface area contributed by atoms with E-state index < -0.39 is 15.6 Å². The van der Waals surface area contributed by atoms with Crippen LogP contribution in [-0.4, -0.2) is 48.7 Å². The number of hydrogen-bond acceptors (Lipinski definition) is 4. The average molecular weight is 442 g/mol. The monoisotopic (exact) mass is 441 g/mol. The fourth-order valence-corrected chi connectivity index (χ4v) is 5.29. The molecule has 0 saturated carbocycles. The maximum Gasteiger partial charge on any atom is 0.243 e. The van der Waals surface area contributed by atoms with Gasteiger partial charge in [0.05, 0.1) is 22.7 Å². The second-order valence-corrected chi connectivity index (χ2v) is 11.9. The minimum absolute atomic E-state index is 0.266. The second kappa shape index (κ2) is 10.6. The summed E-state index contributed by atoms with van der Waals surface area (Å²) in [7, 11) is -3.71. The van der Waals surface area contributed by atoms with Gasteiger partial charge in [-0.1, -0.05) is 32.0 Å². The fraction of sp³-hybridized carbons (Fsp3) is 0.750. The molecule has 1 atom stereocenters. The summed E-state index contributed by atoms with van der Waals surface area (Å²) < 4.78 is 41.3. The Morgan fingerprint density at radius 3 is 1.97 bits per heavy atom. The van der Waals surface area contributed by atoms with Crippen molar-refractivity contribution in [3.63, 3.8) is 0 Å². The van der Waals surface area contributed by atoms with Crippen LogP contribution >= 0.6 is 0 Å². The summed E-state index contributed by atoms with van der Waals surface area (Å²) in [5, 5.41) is 0. The maximum atomic E-state index is 13.8. The van der Waals surface area contributed by atoms with Gasteiger partial charge in [0.15, 0.2) is 0 Å². The zero-order valence-corrected chi connectivity index (χ0v) is 21.3. The fourth-order valence-electron chi connectivity index (χ4n) is 3.21. The Morgan fingerprint density at radius 1 is 0.933 bits per heavy atom. The van der Waals surface area contributed by atoms with Crippen molar-refractivity contribution in [2.24, 2.45) is 0 Å². The highest BCUT2D eigenvalue weighted by Crippen LogP contribution is 2.32. The number of hydrogen-bond donors (Lipinski definition) is 0. The molecule has 0 N–H and O–H groups in total. The van der Waals surface area contributed by atoms with Gasteiger partial charge in [-0.05, 0) is 79.9 Å². The van der Waals surface area contributed by atoms with Gasteiger partial charge in [-0.15, -0.1) is 0 Å². The van der Waals surface area contributed by atoms with E-state index in [9.17, 15) is 8.42 Å².